The Labute approximate surface area is 118 Å². The Balaban J connectivity index is 2.05. The van der Waals surface area contributed by atoms with Crippen LogP contribution in [-0.2, 0) is 16.6 Å². The van der Waals surface area contributed by atoms with Crippen molar-refractivity contribution in [3.05, 3.63) is 59.9 Å². The molecule has 0 spiro atoms. The number of hydrogen-bond acceptors (Lipinski definition) is 4. The van der Waals surface area contributed by atoms with E-state index in [4.69, 9.17) is 5.14 Å². The van der Waals surface area contributed by atoms with Gasteiger partial charge in [-0.1, -0.05) is 18.2 Å². The van der Waals surface area contributed by atoms with Crippen LogP contribution in [0.4, 0.5) is 0 Å². The summed E-state index contributed by atoms with van der Waals surface area (Å²) in [5.41, 5.74) is 1.95. The topological polar surface area (TPSA) is 85.1 Å². The van der Waals surface area contributed by atoms with E-state index in [9.17, 15) is 8.42 Å². The maximum Gasteiger partial charge on any atom is 0.238 e. The lowest BCUT2D eigenvalue weighted by Gasteiger charge is -2.14. The number of sulfonamides is 1. The fraction of sp³-hybridized carbons (Fsp3) is 0.214. The number of nitrogens with one attached hydrogen (secondary N) is 1. The maximum atomic E-state index is 11.3. The standard InChI is InChI=1S/C14H17N3O2S/c1-11(13-5-3-7-16-10-13)17-9-12-4-2-6-14(8-12)20(15,18)19/h2-8,10-11,17H,9H2,1H3,(H2,15,18,19). The number of pyridine rings is 1. The first-order valence-corrected chi connectivity index (χ1v) is 7.76. The average Bonchev–Trinajstić information content (AvgIpc) is 2.45. The molecular weight excluding hydrogens is 274 g/mol. The third-order valence-electron chi connectivity index (χ3n) is 3.02. The van der Waals surface area contributed by atoms with Crippen molar-refractivity contribution in [3.8, 4) is 0 Å². The van der Waals surface area contributed by atoms with Gasteiger partial charge in [0, 0.05) is 25.0 Å². The molecule has 0 fully saturated rings. The van der Waals surface area contributed by atoms with Crippen LogP contribution in [0.5, 0.6) is 0 Å². The highest BCUT2D eigenvalue weighted by atomic mass is 32.2. The van der Waals surface area contributed by atoms with Crippen molar-refractivity contribution in [1.29, 1.82) is 0 Å². The molecule has 6 heteroatoms. The molecular formula is C14H17N3O2S. The summed E-state index contributed by atoms with van der Waals surface area (Å²) in [6.07, 6.45) is 3.53. The Morgan fingerprint density at radius 1 is 1.30 bits per heavy atom. The van der Waals surface area contributed by atoms with E-state index >= 15 is 0 Å². The molecule has 0 aliphatic rings. The summed E-state index contributed by atoms with van der Waals surface area (Å²) in [5.74, 6) is 0. The lowest BCUT2D eigenvalue weighted by Crippen LogP contribution is -2.19. The minimum Gasteiger partial charge on any atom is -0.306 e. The number of benzene rings is 1. The molecule has 1 atom stereocenters. The van der Waals surface area contributed by atoms with Gasteiger partial charge in [-0.15, -0.1) is 0 Å². The SMILES string of the molecule is CC(NCc1cccc(S(N)(=O)=O)c1)c1cccnc1. The molecule has 2 aromatic rings. The van der Waals surface area contributed by atoms with Crippen LogP contribution in [0.15, 0.2) is 53.7 Å². The zero-order valence-corrected chi connectivity index (χ0v) is 12.0. The van der Waals surface area contributed by atoms with E-state index in [2.05, 4.69) is 10.3 Å². The third-order valence-corrected chi connectivity index (χ3v) is 3.93. The van der Waals surface area contributed by atoms with Crippen LogP contribution >= 0.6 is 0 Å². The summed E-state index contributed by atoms with van der Waals surface area (Å²) in [6.45, 7) is 2.58. The molecule has 1 aromatic carbocycles. The minimum absolute atomic E-state index is 0.127. The predicted octanol–water partition coefficient (Wildman–Crippen LogP) is 1.58. The Hall–Kier alpha value is -1.76. The molecule has 0 saturated heterocycles. The van der Waals surface area contributed by atoms with E-state index in [1.165, 1.54) is 6.07 Å². The van der Waals surface area contributed by atoms with Gasteiger partial charge in [0.2, 0.25) is 10.0 Å². The number of nitrogens with two attached hydrogens (primary N) is 1. The zero-order valence-electron chi connectivity index (χ0n) is 11.2. The van der Waals surface area contributed by atoms with E-state index in [1.54, 1.807) is 24.5 Å². The monoisotopic (exact) mass is 291 g/mol. The molecule has 0 saturated carbocycles. The first-order chi connectivity index (χ1) is 9.47. The smallest absolute Gasteiger partial charge is 0.238 e. The molecule has 1 unspecified atom stereocenters. The molecule has 0 radical (unpaired) electrons. The van der Waals surface area contributed by atoms with Gasteiger partial charge < -0.3 is 5.32 Å². The van der Waals surface area contributed by atoms with Crippen molar-refractivity contribution in [2.75, 3.05) is 0 Å². The normalized spacial score (nSPS) is 13.1. The fourth-order valence-corrected chi connectivity index (χ4v) is 2.44. The van der Waals surface area contributed by atoms with Crippen molar-refractivity contribution in [2.45, 2.75) is 24.4 Å². The summed E-state index contributed by atoms with van der Waals surface area (Å²) in [4.78, 5) is 4.20. The molecule has 5 nitrogen and oxygen atoms in total. The van der Waals surface area contributed by atoms with E-state index in [1.807, 2.05) is 25.1 Å². The number of nitrogens with zero attached hydrogens (tertiary/aromatic N) is 1. The molecule has 0 amide bonds. The molecule has 2 rings (SSSR count). The van der Waals surface area contributed by atoms with E-state index in [-0.39, 0.29) is 10.9 Å². The quantitative estimate of drug-likeness (QED) is 0.876. The van der Waals surface area contributed by atoms with E-state index in [0.29, 0.717) is 6.54 Å². The highest BCUT2D eigenvalue weighted by Crippen LogP contribution is 2.13. The average molecular weight is 291 g/mol. The largest absolute Gasteiger partial charge is 0.306 e. The van der Waals surface area contributed by atoms with Gasteiger partial charge in [0.15, 0.2) is 0 Å². The van der Waals surface area contributed by atoms with Crippen molar-refractivity contribution in [3.63, 3.8) is 0 Å². The van der Waals surface area contributed by atoms with Crippen molar-refractivity contribution < 1.29 is 8.42 Å². The summed E-state index contributed by atoms with van der Waals surface area (Å²) < 4.78 is 22.6. The number of rotatable bonds is 5. The number of primary sulfonamides is 1. The Morgan fingerprint density at radius 2 is 2.10 bits per heavy atom. The molecule has 1 heterocycles. The fourth-order valence-electron chi connectivity index (χ4n) is 1.85. The third kappa shape index (κ3) is 3.86. The lowest BCUT2D eigenvalue weighted by molar-refractivity contribution is 0.572. The zero-order chi connectivity index (χ0) is 14.6. The molecule has 20 heavy (non-hydrogen) atoms. The molecule has 106 valence electrons. The summed E-state index contributed by atoms with van der Waals surface area (Å²) in [6, 6.07) is 10.6. The van der Waals surface area contributed by atoms with Gasteiger partial charge in [0.25, 0.3) is 0 Å². The van der Waals surface area contributed by atoms with Gasteiger partial charge in [0.05, 0.1) is 4.90 Å². The summed E-state index contributed by atoms with van der Waals surface area (Å²) in [5, 5.41) is 8.43. The second kappa shape index (κ2) is 6.13. The van der Waals surface area contributed by atoms with Crippen LogP contribution in [0, 0.1) is 0 Å². The number of hydrogen-bond donors (Lipinski definition) is 2. The summed E-state index contributed by atoms with van der Waals surface area (Å²) in [7, 11) is -3.65. The second-order valence-electron chi connectivity index (χ2n) is 4.58. The Kier molecular flexibility index (Phi) is 4.49. The van der Waals surface area contributed by atoms with Gasteiger partial charge in [0.1, 0.15) is 0 Å². The van der Waals surface area contributed by atoms with Crippen LogP contribution in [0.3, 0.4) is 0 Å². The van der Waals surface area contributed by atoms with Crippen LogP contribution in [0.2, 0.25) is 0 Å². The Morgan fingerprint density at radius 3 is 2.75 bits per heavy atom. The lowest BCUT2D eigenvalue weighted by atomic mass is 10.1. The molecule has 3 N–H and O–H groups in total. The molecule has 0 aliphatic carbocycles. The van der Waals surface area contributed by atoms with Crippen LogP contribution in [0.1, 0.15) is 24.1 Å². The van der Waals surface area contributed by atoms with Crippen molar-refractivity contribution >= 4 is 10.0 Å². The number of aromatic nitrogens is 1. The van der Waals surface area contributed by atoms with Gasteiger partial charge in [-0.3, -0.25) is 4.98 Å². The van der Waals surface area contributed by atoms with Gasteiger partial charge in [-0.25, -0.2) is 13.6 Å². The first kappa shape index (κ1) is 14.6. The van der Waals surface area contributed by atoms with Crippen LogP contribution in [0.25, 0.3) is 0 Å². The Bertz CT molecular complexity index is 672. The van der Waals surface area contributed by atoms with Crippen molar-refractivity contribution in [1.82, 2.24) is 10.3 Å². The van der Waals surface area contributed by atoms with E-state index < -0.39 is 10.0 Å². The van der Waals surface area contributed by atoms with Gasteiger partial charge in [-0.05, 0) is 36.2 Å². The molecule has 0 aliphatic heterocycles. The van der Waals surface area contributed by atoms with Crippen LogP contribution < -0.4 is 10.5 Å². The molecule has 0 bridgehead atoms. The second-order valence-corrected chi connectivity index (χ2v) is 6.14. The summed E-state index contributed by atoms with van der Waals surface area (Å²) >= 11 is 0. The first-order valence-electron chi connectivity index (χ1n) is 6.22. The van der Waals surface area contributed by atoms with Crippen molar-refractivity contribution in [2.24, 2.45) is 5.14 Å². The maximum absolute atomic E-state index is 11.3. The molecule has 1 aromatic heterocycles. The highest BCUT2D eigenvalue weighted by molar-refractivity contribution is 7.89. The predicted molar refractivity (Wildman–Crippen MR) is 77.3 cm³/mol. The van der Waals surface area contributed by atoms with Gasteiger partial charge in [-0.2, -0.15) is 0 Å². The van der Waals surface area contributed by atoms with Crippen LogP contribution in [-0.4, -0.2) is 13.4 Å². The highest BCUT2D eigenvalue weighted by Gasteiger charge is 2.09. The van der Waals surface area contributed by atoms with Gasteiger partial charge >= 0.3 is 0 Å². The van der Waals surface area contributed by atoms with E-state index in [0.717, 1.165) is 11.1 Å². The minimum atomic E-state index is -3.65.